The van der Waals surface area contributed by atoms with E-state index in [1.165, 1.54) is 0 Å². The van der Waals surface area contributed by atoms with E-state index in [0.29, 0.717) is 5.02 Å². The standard InChI is InChI=1S/C12H15BrClNO2/c1-12(2)6-10(15-16-3)8-4-7(13)5-9(14)11(8)17-12/h4-5,10,15H,6H2,1-3H3. The Balaban J connectivity index is 2.48. The van der Waals surface area contributed by atoms with Crippen LogP contribution in [0.4, 0.5) is 0 Å². The van der Waals surface area contributed by atoms with Crippen molar-refractivity contribution in [1.29, 1.82) is 0 Å². The van der Waals surface area contributed by atoms with Gasteiger partial charge in [0.2, 0.25) is 0 Å². The van der Waals surface area contributed by atoms with Gasteiger partial charge in [0, 0.05) is 16.5 Å². The molecular weight excluding hydrogens is 305 g/mol. The molecule has 1 aromatic rings. The third-order valence-corrected chi connectivity index (χ3v) is 3.49. The summed E-state index contributed by atoms with van der Waals surface area (Å²) in [7, 11) is 1.61. The van der Waals surface area contributed by atoms with E-state index < -0.39 is 0 Å². The summed E-state index contributed by atoms with van der Waals surface area (Å²) in [5, 5.41) is 0.616. The van der Waals surface area contributed by atoms with E-state index in [1.54, 1.807) is 7.11 Å². The second-order valence-corrected chi connectivity index (χ2v) is 6.07. The van der Waals surface area contributed by atoms with Gasteiger partial charge < -0.3 is 9.57 Å². The average molecular weight is 321 g/mol. The summed E-state index contributed by atoms with van der Waals surface area (Å²) in [4.78, 5) is 5.05. The summed E-state index contributed by atoms with van der Waals surface area (Å²) in [6.07, 6.45) is 0.820. The van der Waals surface area contributed by atoms with Crippen molar-refractivity contribution in [3.63, 3.8) is 0 Å². The largest absolute Gasteiger partial charge is 0.486 e. The molecule has 5 heteroatoms. The number of ether oxygens (including phenoxy) is 1. The minimum Gasteiger partial charge on any atom is -0.486 e. The van der Waals surface area contributed by atoms with Crippen molar-refractivity contribution in [2.24, 2.45) is 0 Å². The summed E-state index contributed by atoms with van der Waals surface area (Å²) < 4.78 is 6.87. The fourth-order valence-electron chi connectivity index (χ4n) is 2.11. The van der Waals surface area contributed by atoms with Crippen molar-refractivity contribution in [1.82, 2.24) is 5.48 Å². The predicted molar refractivity (Wildman–Crippen MR) is 71.4 cm³/mol. The molecule has 0 bridgehead atoms. The molecule has 1 aliphatic rings. The number of hydrogen-bond acceptors (Lipinski definition) is 3. The maximum absolute atomic E-state index is 6.22. The first-order valence-electron chi connectivity index (χ1n) is 5.39. The van der Waals surface area contributed by atoms with Crippen molar-refractivity contribution in [2.45, 2.75) is 31.9 Å². The summed E-state index contributed by atoms with van der Waals surface area (Å²) in [5.74, 6) is 0.737. The van der Waals surface area contributed by atoms with E-state index in [1.807, 2.05) is 26.0 Å². The van der Waals surface area contributed by atoms with Gasteiger partial charge in [-0.2, -0.15) is 5.48 Å². The van der Waals surface area contributed by atoms with Crippen LogP contribution in [0.5, 0.6) is 5.75 Å². The van der Waals surface area contributed by atoms with Crippen LogP contribution in [0.15, 0.2) is 16.6 Å². The molecule has 0 saturated heterocycles. The van der Waals surface area contributed by atoms with Crippen LogP contribution >= 0.6 is 27.5 Å². The SMILES string of the molecule is CONC1CC(C)(C)Oc2c(Cl)cc(Br)cc21. The van der Waals surface area contributed by atoms with Gasteiger partial charge in [-0.05, 0) is 26.0 Å². The molecule has 94 valence electrons. The molecule has 1 aliphatic heterocycles. The Morgan fingerprint density at radius 3 is 2.88 bits per heavy atom. The predicted octanol–water partition coefficient (Wildman–Crippen LogP) is 3.86. The smallest absolute Gasteiger partial charge is 0.143 e. The van der Waals surface area contributed by atoms with E-state index >= 15 is 0 Å². The van der Waals surface area contributed by atoms with Crippen LogP contribution in [0.25, 0.3) is 0 Å². The third-order valence-electron chi connectivity index (χ3n) is 2.75. The first kappa shape index (κ1) is 13.1. The maximum Gasteiger partial charge on any atom is 0.143 e. The zero-order valence-electron chi connectivity index (χ0n) is 10.0. The Kier molecular flexibility index (Phi) is 3.69. The number of hydrogen-bond donors (Lipinski definition) is 1. The Bertz CT molecular complexity index is 437. The summed E-state index contributed by atoms with van der Waals surface area (Å²) >= 11 is 9.66. The zero-order chi connectivity index (χ0) is 12.6. The van der Waals surface area contributed by atoms with Crippen molar-refractivity contribution >= 4 is 27.5 Å². The lowest BCUT2D eigenvalue weighted by Crippen LogP contribution is -2.39. The van der Waals surface area contributed by atoms with Gasteiger partial charge in [-0.1, -0.05) is 27.5 Å². The molecule has 17 heavy (non-hydrogen) atoms. The number of fused-ring (bicyclic) bond motifs is 1. The molecule has 2 rings (SSSR count). The molecular formula is C12H15BrClNO2. The van der Waals surface area contributed by atoms with E-state index in [-0.39, 0.29) is 11.6 Å². The Hall–Kier alpha value is -0.290. The summed E-state index contributed by atoms with van der Waals surface area (Å²) in [6, 6.07) is 3.92. The molecule has 3 nitrogen and oxygen atoms in total. The maximum atomic E-state index is 6.22. The second kappa shape index (κ2) is 4.76. The van der Waals surface area contributed by atoms with Gasteiger partial charge in [0.1, 0.15) is 11.4 Å². The van der Waals surface area contributed by atoms with Crippen LogP contribution in [-0.4, -0.2) is 12.7 Å². The van der Waals surface area contributed by atoms with Gasteiger partial charge in [-0.3, -0.25) is 0 Å². The highest BCUT2D eigenvalue weighted by Gasteiger charge is 2.35. The van der Waals surface area contributed by atoms with Gasteiger partial charge >= 0.3 is 0 Å². The average Bonchev–Trinajstić information content (AvgIpc) is 2.19. The second-order valence-electron chi connectivity index (χ2n) is 4.75. The first-order valence-corrected chi connectivity index (χ1v) is 6.56. The van der Waals surface area contributed by atoms with Gasteiger partial charge in [0.05, 0.1) is 18.2 Å². The van der Waals surface area contributed by atoms with Crippen molar-refractivity contribution in [2.75, 3.05) is 7.11 Å². The van der Waals surface area contributed by atoms with E-state index in [2.05, 4.69) is 21.4 Å². The molecule has 0 amide bonds. The van der Waals surface area contributed by atoms with Crippen LogP contribution in [0.2, 0.25) is 5.02 Å². The normalized spacial score (nSPS) is 21.8. The van der Waals surface area contributed by atoms with Crippen LogP contribution in [0, 0.1) is 0 Å². The molecule has 0 radical (unpaired) electrons. The molecule has 1 unspecified atom stereocenters. The highest BCUT2D eigenvalue weighted by atomic mass is 79.9. The minimum absolute atomic E-state index is 0.0775. The van der Waals surface area contributed by atoms with Gasteiger partial charge in [0.25, 0.3) is 0 Å². The van der Waals surface area contributed by atoms with Gasteiger partial charge in [0.15, 0.2) is 0 Å². The fourth-order valence-corrected chi connectivity index (χ4v) is 2.99. The van der Waals surface area contributed by atoms with E-state index in [0.717, 1.165) is 22.2 Å². The number of halogens is 2. The lowest BCUT2D eigenvalue weighted by atomic mass is 9.90. The number of rotatable bonds is 2. The number of benzene rings is 1. The minimum atomic E-state index is -0.263. The lowest BCUT2D eigenvalue weighted by Gasteiger charge is -2.38. The Morgan fingerprint density at radius 2 is 2.24 bits per heavy atom. The number of hydroxylamine groups is 1. The van der Waals surface area contributed by atoms with Crippen LogP contribution in [0.3, 0.4) is 0 Å². The van der Waals surface area contributed by atoms with Gasteiger partial charge in [-0.15, -0.1) is 0 Å². The molecule has 0 saturated carbocycles. The molecule has 0 spiro atoms. The summed E-state index contributed by atoms with van der Waals surface area (Å²) in [5.41, 5.74) is 3.75. The molecule has 0 aromatic heterocycles. The van der Waals surface area contributed by atoms with Crippen LogP contribution in [-0.2, 0) is 4.84 Å². The highest BCUT2D eigenvalue weighted by Crippen LogP contribution is 2.44. The lowest BCUT2D eigenvalue weighted by molar-refractivity contribution is 0.00301. The molecule has 0 fully saturated rings. The highest BCUT2D eigenvalue weighted by molar-refractivity contribution is 9.10. The van der Waals surface area contributed by atoms with Crippen LogP contribution in [0.1, 0.15) is 31.9 Å². The third kappa shape index (κ3) is 2.76. The zero-order valence-corrected chi connectivity index (χ0v) is 12.4. The number of nitrogens with one attached hydrogen (secondary N) is 1. The first-order chi connectivity index (χ1) is 7.93. The van der Waals surface area contributed by atoms with E-state index in [4.69, 9.17) is 21.2 Å². The van der Waals surface area contributed by atoms with E-state index in [9.17, 15) is 0 Å². The van der Waals surface area contributed by atoms with Gasteiger partial charge in [-0.25, -0.2) is 0 Å². The monoisotopic (exact) mass is 319 g/mol. The van der Waals surface area contributed by atoms with Crippen molar-refractivity contribution in [3.05, 3.63) is 27.2 Å². The Morgan fingerprint density at radius 1 is 1.53 bits per heavy atom. The quantitative estimate of drug-likeness (QED) is 0.840. The molecule has 1 atom stereocenters. The molecule has 1 N–H and O–H groups in total. The summed E-state index contributed by atoms with van der Waals surface area (Å²) in [6.45, 7) is 4.08. The molecule has 1 heterocycles. The van der Waals surface area contributed by atoms with Crippen molar-refractivity contribution < 1.29 is 9.57 Å². The van der Waals surface area contributed by atoms with Crippen LogP contribution < -0.4 is 10.2 Å². The fraction of sp³-hybridized carbons (Fsp3) is 0.500. The topological polar surface area (TPSA) is 30.5 Å². The van der Waals surface area contributed by atoms with Crippen molar-refractivity contribution in [3.8, 4) is 5.75 Å². The molecule has 1 aromatic carbocycles. The Labute approximate surface area is 115 Å². The molecule has 0 aliphatic carbocycles.